The number of aliphatic hydroxyl groups is 3. The molecule has 9 nitrogen and oxygen atoms in total. The van der Waals surface area contributed by atoms with Gasteiger partial charge in [-0.3, -0.25) is 14.6 Å². The average Bonchev–Trinajstić information content (AvgIpc) is 2.65. The van der Waals surface area contributed by atoms with E-state index in [1.165, 1.54) is 0 Å². The van der Waals surface area contributed by atoms with Gasteiger partial charge >= 0.3 is 5.69 Å². The lowest BCUT2D eigenvalue weighted by Gasteiger charge is -2.15. The lowest BCUT2D eigenvalue weighted by molar-refractivity contribution is -0.0233. The average molecular weight is 272 g/mol. The molecule has 1 aliphatic heterocycles. The predicted molar refractivity (Wildman–Crippen MR) is 59.8 cm³/mol. The van der Waals surface area contributed by atoms with Gasteiger partial charge in [0.15, 0.2) is 6.29 Å². The zero-order valence-electron chi connectivity index (χ0n) is 9.57. The Balaban J connectivity index is 2.51. The highest BCUT2D eigenvalue weighted by Gasteiger charge is 2.45. The van der Waals surface area contributed by atoms with E-state index >= 15 is 0 Å². The van der Waals surface area contributed by atoms with Crippen LogP contribution in [0.1, 0.15) is 22.2 Å². The summed E-state index contributed by atoms with van der Waals surface area (Å²) in [5.41, 5.74) is -2.41. The molecular weight excluding hydrogens is 260 g/mol. The van der Waals surface area contributed by atoms with Crippen LogP contribution in [0, 0.1) is 0 Å². The molecule has 1 aromatic heterocycles. The van der Waals surface area contributed by atoms with Gasteiger partial charge in [0.05, 0.1) is 17.9 Å². The molecule has 9 heteroatoms. The third-order valence-corrected chi connectivity index (χ3v) is 2.95. The highest BCUT2D eigenvalue weighted by Crippen LogP contribution is 2.32. The zero-order valence-corrected chi connectivity index (χ0v) is 9.57. The van der Waals surface area contributed by atoms with Crippen molar-refractivity contribution in [2.45, 2.75) is 24.4 Å². The highest BCUT2D eigenvalue weighted by molar-refractivity contribution is 5.74. The van der Waals surface area contributed by atoms with Gasteiger partial charge in [-0.15, -0.1) is 0 Å². The lowest BCUT2D eigenvalue weighted by Crippen LogP contribution is -2.35. The van der Waals surface area contributed by atoms with E-state index in [0.29, 0.717) is 0 Å². The molecule has 0 saturated carbocycles. The number of carbonyl (C=O) groups excluding carboxylic acids is 1. The summed E-state index contributed by atoms with van der Waals surface area (Å²) >= 11 is 0. The van der Waals surface area contributed by atoms with E-state index in [2.05, 4.69) is 4.98 Å². The van der Waals surface area contributed by atoms with Gasteiger partial charge in [0.1, 0.15) is 24.4 Å². The van der Waals surface area contributed by atoms with Gasteiger partial charge in [-0.1, -0.05) is 0 Å². The molecule has 4 atom stereocenters. The molecular formula is C10H12N2O7. The van der Waals surface area contributed by atoms with Crippen molar-refractivity contribution in [1.82, 2.24) is 9.97 Å². The van der Waals surface area contributed by atoms with Gasteiger partial charge < -0.3 is 25.0 Å². The Morgan fingerprint density at radius 1 is 1.21 bits per heavy atom. The third kappa shape index (κ3) is 2.24. The number of carbonyl (C=O) groups is 1. The van der Waals surface area contributed by atoms with Gasteiger partial charge in [-0.2, -0.15) is 0 Å². The minimum atomic E-state index is -1.50. The quantitative estimate of drug-likeness (QED) is 0.368. The Bertz CT molecular complexity index is 592. The van der Waals surface area contributed by atoms with Gasteiger partial charge in [0.2, 0.25) is 0 Å². The van der Waals surface area contributed by atoms with Crippen LogP contribution in [0.2, 0.25) is 0 Å². The van der Waals surface area contributed by atoms with Crippen LogP contribution in [0.5, 0.6) is 0 Å². The summed E-state index contributed by atoms with van der Waals surface area (Å²) in [5.74, 6) is 0. The number of aromatic nitrogens is 2. The Kier molecular flexibility index (Phi) is 3.62. The monoisotopic (exact) mass is 272 g/mol. The number of hydrogen-bond donors (Lipinski definition) is 5. The highest BCUT2D eigenvalue weighted by atomic mass is 16.6. The van der Waals surface area contributed by atoms with Crippen LogP contribution in [0.4, 0.5) is 0 Å². The Labute approximate surface area is 105 Å². The summed E-state index contributed by atoms with van der Waals surface area (Å²) in [6, 6.07) is 0. The first-order valence-corrected chi connectivity index (χ1v) is 5.43. The van der Waals surface area contributed by atoms with E-state index in [9.17, 15) is 24.6 Å². The number of aliphatic hydroxyl groups excluding tert-OH is 3. The fourth-order valence-electron chi connectivity index (χ4n) is 2.03. The Hall–Kier alpha value is -1.81. The van der Waals surface area contributed by atoms with Crippen molar-refractivity contribution in [1.29, 1.82) is 0 Å². The summed E-state index contributed by atoms with van der Waals surface area (Å²) in [6.45, 7) is -0.563. The smallest absolute Gasteiger partial charge is 0.326 e. The SMILES string of the molecule is O=Cc1[nH]c(=O)[nH]c(=O)c1[C@@H]1O[C@H](CO)[C@@H](O)[C@H]1O. The predicted octanol–water partition coefficient (Wildman–Crippen LogP) is -2.97. The molecule has 1 fully saturated rings. The number of H-pyrrole nitrogens is 2. The summed E-state index contributed by atoms with van der Waals surface area (Å²) in [7, 11) is 0. The Morgan fingerprint density at radius 2 is 1.89 bits per heavy atom. The number of nitrogens with one attached hydrogen (secondary N) is 2. The number of hydrogen-bond acceptors (Lipinski definition) is 7. The molecule has 19 heavy (non-hydrogen) atoms. The van der Waals surface area contributed by atoms with Crippen molar-refractivity contribution in [2.24, 2.45) is 0 Å². The number of aldehydes is 1. The summed E-state index contributed by atoms with van der Waals surface area (Å²) < 4.78 is 5.13. The molecule has 0 spiro atoms. The maximum Gasteiger partial charge on any atom is 0.326 e. The molecule has 0 aromatic carbocycles. The minimum Gasteiger partial charge on any atom is -0.394 e. The third-order valence-electron chi connectivity index (χ3n) is 2.95. The van der Waals surface area contributed by atoms with Crippen LogP contribution in [0.25, 0.3) is 0 Å². The maximum absolute atomic E-state index is 11.7. The summed E-state index contributed by atoms with van der Waals surface area (Å²) in [5, 5.41) is 28.3. The van der Waals surface area contributed by atoms with Crippen molar-refractivity contribution in [3.8, 4) is 0 Å². The second kappa shape index (κ2) is 5.05. The van der Waals surface area contributed by atoms with E-state index < -0.39 is 42.3 Å². The van der Waals surface area contributed by atoms with Crippen molar-refractivity contribution >= 4 is 6.29 Å². The molecule has 0 amide bonds. The van der Waals surface area contributed by atoms with E-state index in [1.54, 1.807) is 0 Å². The molecule has 0 bridgehead atoms. The van der Waals surface area contributed by atoms with Crippen LogP contribution < -0.4 is 11.2 Å². The number of ether oxygens (including phenoxy) is 1. The lowest BCUT2D eigenvalue weighted by atomic mass is 10.0. The topological polar surface area (TPSA) is 153 Å². The molecule has 2 rings (SSSR count). The summed E-state index contributed by atoms with van der Waals surface area (Å²) in [4.78, 5) is 37.6. The second-order valence-corrected chi connectivity index (χ2v) is 4.11. The first-order chi connectivity index (χ1) is 8.99. The van der Waals surface area contributed by atoms with Crippen molar-refractivity contribution in [3.05, 3.63) is 32.1 Å². The van der Waals surface area contributed by atoms with Gasteiger partial charge in [-0.25, -0.2) is 4.79 Å². The van der Waals surface area contributed by atoms with Crippen LogP contribution in [-0.2, 0) is 4.74 Å². The molecule has 0 radical (unpaired) electrons. The van der Waals surface area contributed by atoms with Crippen LogP contribution in [0.3, 0.4) is 0 Å². The van der Waals surface area contributed by atoms with E-state index in [4.69, 9.17) is 9.84 Å². The number of rotatable bonds is 3. The molecule has 2 heterocycles. The first kappa shape index (κ1) is 13.6. The van der Waals surface area contributed by atoms with Crippen LogP contribution in [-0.4, -0.2) is 56.5 Å². The van der Waals surface area contributed by atoms with E-state index in [0.717, 1.165) is 0 Å². The van der Waals surface area contributed by atoms with Crippen molar-refractivity contribution in [3.63, 3.8) is 0 Å². The molecule has 5 N–H and O–H groups in total. The van der Waals surface area contributed by atoms with Crippen molar-refractivity contribution in [2.75, 3.05) is 6.61 Å². The second-order valence-electron chi connectivity index (χ2n) is 4.11. The van der Waals surface area contributed by atoms with Gasteiger partial charge in [-0.05, 0) is 0 Å². The molecule has 0 unspecified atom stereocenters. The summed E-state index contributed by atoms with van der Waals surface area (Å²) in [6.07, 6.45) is -5.05. The molecule has 0 aliphatic carbocycles. The molecule has 1 aromatic rings. The number of aromatic amines is 2. The van der Waals surface area contributed by atoms with Crippen LogP contribution >= 0.6 is 0 Å². The van der Waals surface area contributed by atoms with Crippen LogP contribution in [0.15, 0.2) is 9.59 Å². The van der Waals surface area contributed by atoms with Gasteiger partial charge in [0.25, 0.3) is 5.56 Å². The molecule has 104 valence electrons. The van der Waals surface area contributed by atoms with E-state index in [-0.39, 0.29) is 17.5 Å². The molecule has 1 saturated heterocycles. The largest absolute Gasteiger partial charge is 0.394 e. The fourth-order valence-corrected chi connectivity index (χ4v) is 2.03. The fraction of sp³-hybridized carbons (Fsp3) is 0.500. The van der Waals surface area contributed by atoms with Gasteiger partial charge in [0, 0.05) is 0 Å². The zero-order chi connectivity index (χ0) is 14.2. The minimum absolute atomic E-state index is 0.237. The standard InChI is InChI=1S/C10H12N2O7/c13-1-3-5(9(17)12-10(18)11-3)8-7(16)6(15)4(2-14)19-8/h1,4,6-8,14-16H,2H2,(H2,11,12,17,18)/t4-,6-,7-,8+/m1/s1. The van der Waals surface area contributed by atoms with Crippen molar-refractivity contribution < 1.29 is 24.9 Å². The normalized spacial score (nSPS) is 30.5. The van der Waals surface area contributed by atoms with E-state index in [1.807, 2.05) is 4.98 Å². The molecule has 1 aliphatic rings. The maximum atomic E-state index is 11.7. The Morgan fingerprint density at radius 3 is 2.42 bits per heavy atom. The first-order valence-electron chi connectivity index (χ1n) is 5.43.